The molecule has 0 radical (unpaired) electrons. The van der Waals surface area contributed by atoms with Gasteiger partial charge in [-0.2, -0.15) is 0 Å². The number of rotatable bonds is 15. The molecule has 0 aliphatic heterocycles. The Hall–Kier alpha value is -2.97. The first kappa shape index (κ1) is 25.1. The minimum Gasteiger partial charge on any atom is -0.498 e. The largest absolute Gasteiger partial charge is 0.498 e. The van der Waals surface area contributed by atoms with Crippen LogP contribution in [0.5, 0.6) is 0 Å². The van der Waals surface area contributed by atoms with E-state index in [2.05, 4.69) is 19.7 Å². The highest BCUT2D eigenvalue weighted by atomic mass is 16.6. The zero-order valence-corrected chi connectivity index (χ0v) is 17.1. The lowest BCUT2D eigenvalue weighted by Gasteiger charge is -2.33. The van der Waals surface area contributed by atoms with Gasteiger partial charge in [0.1, 0.15) is 39.6 Å². The third-order valence-electron chi connectivity index (χ3n) is 4.46. The summed E-state index contributed by atoms with van der Waals surface area (Å²) in [5.41, 5.74) is 0. The standard InChI is InChI=1S/C21H30O9/c1-4-25-10-13-28-19(22)16-8-7-9-17(20(23)29-14-11-26-5-2)18(16)21(24)30-15-12-27-6-3/h4-6,16-18H,1-3,7-15H2. The second kappa shape index (κ2) is 14.9. The summed E-state index contributed by atoms with van der Waals surface area (Å²) in [5, 5.41) is 0. The van der Waals surface area contributed by atoms with Crippen molar-refractivity contribution < 1.29 is 42.8 Å². The molecule has 0 heterocycles. The average molecular weight is 426 g/mol. The lowest BCUT2D eigenvalue weighted by Crippen LogP contribution is -2.44. The molecule has 1 aliphatic rings. The number of carbonyl (C=O) groups is 3. The summed E-state index contributed by atoms with van der Waals surface area (Å²) in [6.45, 7) is 10.6. The van der Waals surface area contributed by atoms with Gasteiger partial charge in [0.05, 0.1) is 36.5 Å². The number of hydrogen-bond acceptors (Lipinski definition) is 9. The highest BCUT2D eigenvalue weighted by molar-refractivity contribution is 5.87. The predicted octanol–water partition coefficient (Wildman–Crippen LogP) is 2.13. The Morgan fingerprint density at radius 1 is 0.633 bits per heavy atom. The summed E-state index contributed by atoms with van der Waals surface area (Å²) in [5.74, 6) is -4.49. The van der Waals surface area contributed by atoms with Crippen LogP contribution in [-0.2, 0) is 42.8 Å². The molecule has 0 saturated heterocycles. The normalized spacial score (nSPS) is 20.2. The molecule has 0 bridgehead atoms. The van der Waals surface area contributed by atoms with Crippen LogP contribution in [0, 0.1) is 17.8 Å². The van der Waals surface area contributed by atoms with Crippen LogP contribution in [0.25, 0.3) is 0 Å². The van der Waals surface area contributed by atoms with Crippen molar-refractivity contribution in [2.24, 2.45) is 17.8 Å². The molecule has 0 N–H and O–H groups in total. The molecule has 9 heteroatoms. The number of ether oxygens (including phenoxy) is 6. The van der Waals surface area contributed by atoms with Crippen LogP contribution < -0.4 is 0 Å². The first-order valence-corrected chi connectivity index (χ1v) is 9.74. The van der Waals surface area contributed by atoms with Gasteiger partial charge in [-0.1, -0.05) is 26.2 Å². The predicted molar refractivity (Wildman–Crippen MR) is 106 cm³/mol. The van der Waals surface area contributed by atoms with Crippen molar-refractivity contribution in [3.05, 3.63) is 38.5 Å². The van der Waals surface area contributed by atoms with Crippen molar-refractivity contribution in [3.63, 3.8) is 0 Å². The van der Waals surface area contributed by atoms with E-state index in [-0.39, 0.29) is 39.6 Å². The Bertz CT molecular complexity index is 551. The maximum absolute atomic E-state index is 12.7. The number of esters is 3. The Balaban J connectivity index is 2.83. The molecule has 1 aliphatic carbocycles. The van der Waals surface area contributed by atoms with E-state index in [0.29, 0.717) is 19.3 Å². The summed E-state index contributed by atoms with van der Waals surface area (Å²) < 4.78 is 30.4. The zero-order chi connectivity index (χ0) is 22.2. The number of carbonyl (C=O) groups excluding carboxylic acids is 3. The SMILES string of the molecule is C=COCCOC(=O)C1CCCC(C(=O)OCCOC=C)C1C(=O)OCCOC=C. The fourth-order valence-electron chi connectivity index (χ4n) is 3.19. The van der Waals surface area contributed by atoms with Gasteiger partial charge in [-0.25, -0.2) is 0 Å². The van der Waals surface area contributed by atoms with Gasteiger partial charge in [-0.15, -0.1) is 0 Å². The van der Waals surface area contributed by atoms with Gasteiger partial charge in [0, 0.05) is 0 Å². The summed E-state index contributed by atoms with van der Waals surface area (Å²) >= 11 is 0. The maximum atomic E-state index is 12.7. The summed E-state index contributed by atoms with van der Waals surface area (Å²) in [6, 6.07) is 0. The molecule has 0 aromatic carbocycles. The lowest BCUT2D eigenvalue weighted by atomic mass is 9.72. The Morgan fingerprint density at radius 3 is 1.37 bits per heavy atom. The van der Waals surface area contributed by atoms with Gasteiger partial charge >= 0.3 is 17.9 Å². The van der Waals surface area contributed by atoms with Crippen molar-refractivity contribution in [2.75, 3.05) is 39.6 Å². The summed E-state index contributed by atoms with van der Waals surface area (Å²) in [6.07, 6.45) is 5.06. The molecule has 1 fully saturated rings. The highest BCUT2D eigenvalue weighted by Crippen LogP contribution is 2.37. The maximum Gasteiger partial charge on any atom is 0.310 e. The molecule has 1 saturated carbocycles. The van der Waals surface area contributed by atoms with Gasteiger partial charge in [0.2, 0.25) is 0 Å². The van der Waals surface area contributed by atoms with Crippen LogP contribution in [0.4, 0.5) is 0 Å². The van der Waals surface area contributed by atoms with Gasteiger partial charge < -0.3 is 28.4 Å². The Kier molecular flexibility index (Phi) is 12.5. The molecule has 30 heavy (non-hydrogen) atoms. The molecule has 0 spiro atoms. The highest BCUT2D eigenvalue weighted by Gasteiger charge is 2.47. The topological polar surface area (TPSA) is 107 Å². The van der Waals surface area contributed by atoms with Crippen LogP contribution >= 0.6 is 0 Å². The minimum atomic E-state index is -1.01. The summed E-state index contributed by atoms with van der Waals surface area (Å²) in [7, 11) is 0. The van der Waals surface area contributed by atoms with Crippen LogP contribution in [0.15, 0.2) is 38.5 Å². The van der Waals surface area contributed by atoms with Crippen LogP contribution in [-0.4, -0.2) is 57.5 Å². The van der Waals surface area contributed by atoms with Crippen LogP contribution in [0.3, 0.4) is 0 Å². The summed E-state index contributed by atoms with van der Waals surface area (Å²) in [4.78, 5) is 37.9. The van der Waals surface area contributed by atoms with Crippen LogP contribution in [0.1, 0.15) is 19.3 Å². The molecule has 2 unspecified atom stereocenters. The first-order valence-electron chi connectivity index (χ1n) is 9.74. The van der Waals surface area contributed by atoms with Crippen molar-refractivity contribution >= 4 is 17.9 Å². The van der Waals surface area contributed by atoms with E-state index in [1.54, 1.807) is 0 Å². The van der Waals surface area contributed by atoms with Crippen molar-refractivity contribution in [1.29, 1.82) is 0 Å². The van der Waals surface area contributed by atoms with E-state index in [0.717, 1.165) is 0 Å². The fourth-order valence-corrected chi connectivity index (χ4v) is 3.19. The fraction of sp³-hybridized carbons (Fsp3) is 0.571. The third-order valence-corrected chi connectivity index (χ3v) is 4.46. The molecule has 0 aromatic rings. The van der Waals surface area contributed by atoms with E-state index in [1.807, 2.05) is 0 Å². The van der Waals surface area contributed by atoms with Gasteiger partial charge in [0.15, 0.2) is 0 Å². The molecule has 0 aromatic heterocycles. The van der Waals surface area contributed by atoms with Crippen molar-refractivity contribution in [1.82, 2.24) is 0 Å². The second-order valence-electron chi connectivity index (χ2n) is 6.28. The van der Waals surface area contributed by atoms with Crippen LogP contribution in [0.2, 0.25) is 0 Å². The molecule has 168 valence electrons. The molecular weight excluding hydrogens is 396 g/mol. The van der Waals surface area contributed by atoms with Gasteiger partial charge in [0.25, 0.3) is 0 Å². The zero-order valence-electron chi connectivity index (χ0n) is 17.1. The monoisotopic (exact) mass is 426 g/mol. The van der Waals surface area contributed by atoms with E-state index >= 15 is 0 Å². The van der Waals surface area contributed by atoms with Gasteiger partial charge in [-0.05, 0) is 12.8 Å². The Morgan fingerprint density at radius 2 is 1.00 bits per heavy atom. The number of hydrogen-bond donors (Lipinski definition) is 0. The average Bonchev–Trinajstić information content (AvgIpc) is 2.76. The van der Waals surface area contributed by atoms with E-state index in [4.69, 9.17) is 28.4 Å². The van der Waals surface area contributed by atoms with Gasteiger partial charge in [-0.3, -0.25) is 14.4 Å². The molecule has 1 rings (SSSR count). The second-order valence-corrected chi connectivity index (χ2v) is 6.28. The van der Waals surface area contributed by atoms with E-state index < -0.39 is 35.7 Å². The lowest BCUT2D eigenvalue weighted by molar-refractivity contribution is -0.173. The first-order chi connectivity index (χ1) is 14.6. The molecule has 9 nitrogen and oxygen atoms in total. The minimum absolute atomic E-state index is 0.00427. The molecule has 2 atom stereocenters. The molecule has 0 amide bonds. The molecular formula is C21H30O9. The van der Waals surface area contributed by atoms with E-state index in [1.165, 1.54) is 18.8 Å². The Labute approximate surface area is 176 Å². The quantitative estimate of drug-likeness (QED) is 0.168. The smallest absolute Gasteiger partial charge is 0.310 e. The van der Waals surface area contributed by atoms with Crippen molar-refractivity contribution in [2.45, 2.75) is 19.3 Å². The van der Waals surface area contributed by atoms with Crippen molar-refractivity contribution in [3.8, 4) is 0 Å². The van der Waals surface area contributed by atoms with E-state index in [9.17, 15) is 14.4 Å². The third kappa shape index (κ3) is 8.59.